The molecule has 1 aliphatic rings. The van der Waals surface area contributed by atoms with Crippen molar-refractivity contribution in [2.75, 3.05) is 24.6 Å². The van der Waals surface area contributed by atoms with Gasteiger partial charge in [0, 0.05) is 26.2 Å². The van der Waals surface area contributed by atoms with Gasteiger partial charge in [0.1, 0.15) is 0 Å². The van der Waals surface area contributed by atoms with E-state index in [9.17, 15) is 4.39 Å². The average molecular weight is 331 g/mol. The molecule has 1 aromatic carbocycles. The van der Waals surface area contributed by atoms with Crippen LogP contribution in [0.25, 0.3) is 0 Å². The Bertz CT molecular complexity index is 436. The van der Waals surface area contributed by atoms with Gasteiger partial charge in [-0.05, 0) is 47.3 Å². The first kappa shape index (κ1) is 14.8. The molecule has 1 unspecified atom stereocenters. The highest BCUT2D eigenvalue weighted by Crippen LogP contribution is 2.30. The molecule has 3 nitrogen and oxygen atoms in total. The lowest BCUT2D eigenvalue weighted by atomic mass is 10.1. The molecule has 0 aliphatic carbocycles. The molecule has 2 N–H and O–H groups in total. The number of hydrogen-bond donors (Lipinski definition) is 1. The third-order valence-electron chi connectivity index (χ3n) is 3.53. The smallest absolute Gasteiger partial charge is 0.160 e. The highest BCUT2D eigenvalue weighted by molar-refractivity contribution is 9.10. The molecular weight excluding hydrogens is 311 g/mol. The van der Waals surface area contributed by atoms with E-state index in [2.05, 4.69) is 15.9 Å². The average Bonchev–Trinajstić information content (AvgIpc) is 2.92. The van der Waals surface area contributed by atoms with Crippen LogP contribution < -0.4 is 10.6 Å². The van der Waals surface area contributed by atoms with Gasteiger partial charge in [0.15, 0.2) is 5.82 Å². The van der Waals surface area contributed by atoms with Crippen molar-refractivity contribution in [2.45, 2.75) is 32.4 Å². The number of ether oxygens (including phenoxy) is 1. The Labute approximate surface area is 122 Å². The van der Waals surface area contributed by atoms with E-state index in [0.29, 0.717) is 16.7 Å². The van der Waals surface area contributed by atoms with Gasteiger partial charge >= 0.3 is 0 Å². The lowest BCUT2D eigenvalue weighted by Gasteiger charge is -2.27. The van der Waals surface area contributed by atoms with E-state index in [1.54, 1.807) is 6.07 Å². The van der Waals surface area contributed by atoms with Crippen LogP contribution in [0, 0.1) is 5.82 Å². The Hall–Kier alpha value is -0.650. The van der Waals surface area contributed by atoms with E-state index >= 15 is 0 Å². The lowest BCUT2D eigenvalue weighted by molar-refractivity contribution is 0.115. The second-order valence-corrected chi connectivity index (χ2v) is 5.54. The molecule has 106 valence electrons. The summed E-state index contributed by atoms with van der Waals surface area (Å²) in [7, 11) is 0. The van der Waals surface area contributed by atoms with Crippen LogP contribution in [-0.2, 0) is 11.3 Å². The summed E-state index contributed by atoms with van der Waals surface area (Å²) in [6, 6.07) is 3.68. The minimum absolute atomic E-state index is 0.215. The number of benzene rings is 1. The summed E-state index contributed by atoms with van der Waals surface area (Å²) >= 11 is 3.29. The Morgan fingerprint density at radius 2 is 2.32 bits per heavy atom. The maximum Gasteiger partial charge on any atom is 0.160 e. The summed E-state index contributed by atoms with van der Waals surface area (Å²) in [4.78, 5) is 2.02. The molecule has 1 saturated heterocycles. The maximum atomic E-state index is 14.4. The van der Waals surface area contributed by atoms with Crippen LogP contribution in [0.15, 0.2) is 16.6 Å². The number of rotatable bonds is 5. The number of anilines is 1. The Morgan fingerprint density at radius 1 is 1.53 bits per heavy atom. The van der Waals surface area contributed by atoms with Crippen LogP contribution in [0.1, 0.15) is 25.3 Å². The van der Waals surface area contributed by atoms with Gasteiger partial charge in [-0.1, -0.05) is 6.07 Å². The zero-order valence-electron chi connectivity index (χ0n) is 11.2. The number of likely N-dealkylation sites (N-methyl/N-ethyl adjacent to an activating group) is 1. The van der Waals surface area contributed by atoms with Gasteiger partial charge < -0.3 is 15.4 Å². The maximum absolute atomic E-state index is 14.4. The van der Waals surface area contributed by atoms with Gasteiger partial charge in [0.2, 0.25) is 0 Å². The fraction of sp³-hybridized carbons (Fsp3) is 0.571. The summed E-state index contributed by atoms with van der Waals surface area (Å²) in [6.45, 7) is 4.67. The first-order valence-corrected chi connectivity index (χ1v) is 7.50. The summed E-state index contributed by atoms with van der Waals surface area (Å²) in [5.41, 5.74) is 6.98. The second-order valence-electron chi connectivity index (χ2n) is 4.75. The molecule has 1 aromatic rings. The molecule has 1 heterocycles. The fourth-order valence-corrected chi connectivity index (χ4v) is 2.91. The van der Waals surface area contributed by atoms with Crippen molar-refractivity contribution in [2.24, 2.45) is 5.73 Å². The second kappa shape index (κ2) is 6.68. The Balaban J connectivity index is 2.20. The van der Waals surface area contributed by atoms with Crippen LogP contribution in [-0.4, -0.2) is 25.8 Å². The van der Waals surface area contributed by atoms with Gasteiger partial charge in [-0.25, -0.2) is 4.39 Å². The van der Waals surface area contributed by atoms with Crippen LogP contribution in [0.4, 0.5) is 10.1 Å². The molecule has 0 spiro atoms. The molecule has 1 atom stereocenters. The highest BCUT2D eigenvalue weighted by atomic mass is 79.9. The molecule has 19 heavy (non-hydrogen) atoms. The Morgan fingerprint density at radius 3 is 2.89 bits per heavy atom. The SMILES string of the molecule is CCN(CC1CCCO1)c1ccc(CN)c(Br)c1F. The first-order chi connectivity index (χ1) is 9.17. The quantitative estimate of drug-likeness (QED) is 0.901. The van der Waals surface area contributed by atoms with Crippen molar-refractivity contribution in [3.05, 3.63) is 28.0 Å². The fourth-order valence-electron chi connectivity index (χ4n) is 2.41. The third kappa shape index (κ3) is 3.27. The zero-order chi connectivity index (χ0) is 13.8. The predicted molar refractivity (Wildman–Crippen MR) is 78.9 cm³/mol. The van der Waals surface area contributed by atoms with Gasteiger partial charge in [-0.3, -0.25) is 0 Å². The van der Waals surface area contributed by atoms with E-state index in [-0.39, 0.29) is 11.9 Å². The summed E-state index contributed by atoms with van der Waals surface area (Å²) in [5, 5.41) is 0. The molecule has 2 rings (SSSR count). The van der Waals surface area contributed by atoms with E-state index in [1.165, 1.54) is 0 Å². The molecule has 0 saturated carbocycles. The normalized spacial score (nSPS) is 18.8. The van der Waals surface area contributed by atoms with Gasteiger partial charge in [0.05, 0.1) is 16.3 Å². The largest absolute Gasteiger partial charge is 0.376 e. The monoisotopic (exact) mass is 330 g/mol. The predicted octanol–water partition coefficient (Wildman–Crippen LogP) is 3.05. The third-order valence-corrected chi connectivity index (χ3v) is 4.39. The van der Waals surface area contributed by atoms with Crippen molar-refractivity contribution in [1.29, 1.82) is 0 Å². The molecule has 1 fully saturated rings. The standard InChI is InChI=1S/C14H20BrFN2O/c1-2-18(9-11-4-3-7-19-11)12-6-5-10(8-17)13(15)14(12)16/h5-6,11H,2-4,7-9,17H2,1H3. The van der Waals surface area contributed by atoms with Crippen LogP contribution in [0.3, 0.4) is 0 Å². The minimum atomic E-state index is -0.234. The van der Waals surface area contributed by atoms with Crippen molar-refractivity contribution in [3.8, 4) is 0 Å². The van der Waals surface area contributed by atoms with E-state index in [1.807, 2.05) is 17.9 Å². The first-order valence-electron chi connectivity index (χ1n) is 6.70. The van der Waals surface area contributed by atoms with E-state index in [0.717, 1.165) is 38.1 Å². The molecule has 0 radical (unpaired) electrons. The van der Waals surface area contributed by atoms with Crippen LogP contribution in [0.2, 0.25) is 0 Å². The number of nitrogens with zero attached hydrogens (tertiary/aromatic N) is 1. The molecule has 1 aliphatic heterocycles. The van der Waals surface area contributed by atoms with Gasteiger partial charge in [0.25, 0.3) is 0 Å². The van der Waals surface area contributed by atoms with E-state index < -0.39 is 0 Å². The number of halogens is 2. The summed E-state index contributed by atoms with van der Waals surface area (Å²) in [5.74, 6) is -0.234. The molecular formula is C14H20BrFN2O. The topological polar surface area (TPSA) is 38.5 Å². The van der Waals surface area contributed by atoms with Crippen LogP contribution in [0.5, 0.6) is 0 Å². The van der Waals surface area contributed by atoms with Gasteiger partial charge in [-0.2, -0.15) is 0 Å². The molecule has 5 heteroatoms. The highest BCUT2D eigenvalue weighted by Gasteiger charge is 2.21. The van der Waals surface area contributed by atoms with E-state index in [4.69, 9.17) is 10.5 Å². The minimum Gasteiger partial charge on any atom is -0.376 e. The molecule has 0 bridgehead atoms. The number of hydrogen-bond acceptors (Lipinski definition) is 3. The molecule has 0 aromatic heterocycles. The number of nitrogens with two attached hydrogens (primary N) is 1. The lowest BCUT2D eigenvalue weighted by Crippen LogP contribution is -2.32. The van der Waals surface area contributed by atoms with Crippen molar-refractivity contribution >= 4 is 21.6 Å². The summed E-state index contributed by atoms with van der Waals surface area (Å²) in [6.07, 6.45) is 2.37. The van der Waals surface area contributed by atoms with Crippen molar-refractivity contribution in [3.63, 3.8) is 0 Å². The van der Waals surface area contributed by atoms with Crippen LogP contribution >= 0.6 is 15.9 Å². The Kier molecular flexibility index (Phi) is 5.19. The van der Waals surface area contributed by atoms with Crippen molar-refractivity contribution < 1.29 is 9.13 Å². The molecule has 0 amide bonds. The zero-order valence-corrected chi connectivity index (χ0v) is 12.7. The van der Waals surface area contributed by atoms with Gasteiger partial charge in [-0.15, -0.1) is 0 Å². The summed E-state index contributed by atoms with van der Waals surface area (Å²) < 4.78 is 20.5. The van der Waals surface area contributed by atoms with Crippen molar-refractivity contribution in [1.82, 2.24) is 0 Å².